The second-order valence-corrected chi connectivity index (χ2v) is 6.52. The lowest BCUT2D eigenvalue weighted by Crippen LogP contribution is -3.11. The van der Waals surface area contributed by atoms with E-state index >= 15 is 0 Å². The summed E-state index contributed by atoms with van der Waals surface area (Å²) in [5.41, 5.74) is 0.827. The maximum absolute atomic E-state index is 11.5. The minimum absolute atomic E-state index is 0.0421. The normalized spacial score (nSPS) is 11.9. The highest BCUT2D eigenvalue weighted by Crippen LogP contribution is 2.39. The van der Waals surface area contributed by atoms with E-state index in [2.05, 4.69) is 34.3 Å². The summed E-state index contributed by atoms with van der Waals surface area (Å²) in [5.74, 6) is 0.0421. The van der Waals surface area contributed by atoms with Crippen molar-refractivity contribution in [2.75, 3.05) is 19.6 Å². The van der Waals surface area contributed by atoms with Gasteiger partial charge in [0.25, 0.3) is 5.56 Å². The molecule has 3 rings (SSSR count). The number of rotatable bonds is 7. The lowest BCUT2D eigenvalue weighted by molar-refractivity contribution is -0.897. The Kier molecular flexibility index (Phi) is 5.88. The van der Waals surface area contributed by atoms with Gasteiger partial charge in [-0.1, -0.05) is 29.8 Å². The topological polar surface area (TPSA) is 100 Å². The van der Waals surface area contributed by atoms with Crippen molar-refractivity contribution in [3.63, 3.8) is 0 Å². The van der Waals surface area contributed by atoms with E-state index in [4.69, 9.17) is 11.6 Å². The molecule has 0 bridgehead atoms. The summed E-state index contributed by atoms with van der Waals surface area (Å²) in [6.07, 6.45) is 1.31. The number of hydrogen-bond acceptors (Lipinski definition) is 5. The summed E-state index contributed by atoms with van der Waals surface area (Å²) in [5, 5.41) is 25.5. The van der Waals surface area contributed by atoms with E-state index in [1.165, 1.54) is 11.1 Å². The largest absolute Gasteiger partial charge is 0.493 e. The molecule has 2 aromatic heterocycles. The Labute approximate surface area is 161 Å². The predicted molar refractivity (Wildman–Crippen MR) is 105 cm³/mol. The van der Waals surface area contributed by atoms with Crippen LogP contribution < -0.4 is 10.5 Å². The number of benzene rings is 1. The Morgan fingerprint density at radius 2 is 2.00 bits per heavy atom. The zero-order valence-corrected chi connectivity index (χ0v) is 16.0. The first-order chi connectivity index (χ1) is 13.1. The number of fused-ring (bicyclic) bond motifs is 1. The summed E-state index contributed by atoms with van der Waals surface area (Å²) in [6, 6.07) is 7.61. The van der Waals surface area contributed by atoms with Crippen molar-refractivity contribution in [2.24, 2.45) is 10.2 Å². The maximum Gasteiger partial charge on any atom is 0.285 e. The summed E-state index contributed by atoms with van der Waals surface area (Å²) >= 11 is 5.93. The van der Waals surface area contributed by atoms with Crippen LogP contribution in [0.5, 0.6) is 5.88 Å². The van der Waals surface area contributed by atoms with Gasteiger partial charge < -0.3 is 14.6 Å². The highest BCUT2D eigenvalue weighted by molar-refractivity contribution is 6.32. The number of quaternary nitrogens is 1. The third-order valence-electron chi connectivity index (χ3n) is 4.64. The number of aromatic nitrogens is 3. The fourth-order valence-corrected chi connectivity index (χ4v) is 3.15. The molecular formula is C18H22ClN6O2+. The Bertz CT molecular complexity index is 1020. The molecular weight excluding hydrogens is 368 g/mol. The van der Waals surface area contributed by atoms with Gasteiger partial charge in [0.2, 0.25) is 5.88 Å². The van der Waals surface area contributed by atoms with Gasteiger partial charge in [-0.15, -0.1) is 10.2 Å². The summed E-state index contributed by atoms with van der Waals surface area (Å²) in [4.78, 5) is 13.0. The van der Waals surface area contributed by atoms with Crippen LogP contribution in [0.3, 0.4) is 0 Å². The second kappa shape index (κ2) is 8.32. The number of aromatic amines is 1. The fraction of sp³-hybridized carbons (Fsp3) is 0.333. The van der Waals surface area contributed by atoms with E-state index in [-0.39, 0.29) is 16.6 Å². The average Bonchev–Trinajstić information content (AvgIpc) is 2.95. The molecule has 0 aliphatic rings. The lowest BCUT2D eigenvalue weighted by Gasteiger charge is -2.16. The molecule has 0 saturated heterocycles. The van der Waals surface area contributed by atoms with E-state index in [0.717, 1.165) is 30.5 Å². The SMILES string of the molecule is CC[NH+](CC)CCn1c(O)c(N=Nc2cn[nH]c(=O)c2Cl)c2ccccc21. The molecule has 3 N–H and O–H groups in total. The summed E-state index contributed by atoms with van der Waals surface area (Å²) in [6.45, 7) is 7.89. The number of hydrogen-bond donors (Lipinski definition) is 3. The van der Waals surface area contributed by atoms with Crippen molar-refractivity contribution in [3.05, 3.63) is 45.8 Å². The molecule has 0 saturated carbocycles. The standard InChI is InChI=1S/C18H21ClN6O2/c1-3-24(4-2)9-10-25-14-8-6-5-7-12(14)16(18(25)27)22-21-13-11-20-23-17(26)15(13)19/h5-8,11,27H,3-4,9-10H2,1-2H3,(H,23,26)/p+1. The molecule has 0 aliphatic carbocycles. The summed E-state index contributed by atoms with van der Waals surface area (Å²) < 4.78 is 1.84. The predicted octanol–water partition coefficient (Wildman–Crippen LogP) is 2.42. The second-order valence-electron chi connectivity index (χ2n) is 6.15. The first-order valence-corrected chi connectivity index (χ1v) is 9.23. The van der Waals surface area contributed by atoms with Crippen LogP contribution in [0, 0.1) is 0 Å². The minimum Gasteiger partial charge on any atom is -0.493 e. The number of aromatic hydroxyl groups is 1. The Morgan fingerprint density at radius 3 is 2.74 bits per heavy atom. The van der Waals surface area contributed by atoms with Crippen LogP contribution >= 0.6 is 11.6 Å². The zero-order valence-electron chi connectivity index (χ0n) is 15.2. The number of para-hydroxylation sites is 1. The monoisotopic (exact) mass is 389 g/mol. The summed E-state index contributed by atoms with van der Waals surface area (Å²) in [7, 11) is 0. The molecule has 142 valence electrons. The third-order valence-corrected chi connectivity index (χ3v) is 5.01. The van der Waals surface area contributed by atoms with Crippen LogP contribution in [0.4, 0.5) is 11.4 Å². The Morgan fingerprint density at radius 1 is 1.26 bits per heavy atom. The van der Waals surface area contributed by atoms with Gasteiger partial charge in [-0.2, -0.15) is 5.10 Å². The number of H-pyrrole nitrogens is 1. The van der Waals surface area contributed by atoms with Crippen LogP contribution in [-0.2, 0) is 6.54 Å². The molecule has 8 nitrogen and oxygen atoms in total. The molecule has 0 spiro atoms. The zero-order chi connectivity index (χ0) is 19.4. The van der Waals surface area contributed by atoms with Crippen molar-refractivity contribution in [1.82, 2.24) is 14.8 Å². The van der Waals surface area contributed by atoms with Crippen molar-refractivity contribution < 1.29 is 10.0 Å². The molecule has 1 aromatic carbocycles. The van der Waals surface area contributed by atoms with E-state index in [9.17, 15) is 9.90 Å². The molecule has 0 aliphatic heterocycles. The van der Waals surface area contributed by atoms with E-state index in [1.807, 2.05) is 28.8 Å². The number of nitrogens with zero attached hydrogens (tertiary/aromatic N) is 4. The Hall–Kier alpha value is -2.71. The van der Waals surface area contributed by atoms with Crippen LogP contribution in [0.1, 0.15) is 13.8 Å². The van der Waals surface area contributed by atoms with Gasteiger partial charge in [-0.05, 0) is 19.9 Å². The van der Waals surface area contributed by atoms with Crippen LogP contribution in [0.2, 0.25) is 5.02 Å². The third kappa shape index (κ3) is 3.86. The molecule has 0 amide bonds. The number of nitrogens with one attached hydrogen (secondary N) is 2. The van der Waals surface area contributed by atoms with Crippen molar-refractivity contribution in [2.45, 2.75) is 20.4 Å². The van der Waals surface area contributed by atoms with Crippen molar-refractivity contribution in [3.8, 4) is 5.88 Å². The van der Waals surface area contributed by atoms with Gasteiger partial charge in [0.05, 0.1) is 37.9 Å². The number of likely N-dealkylation sites (N-methyl/N-ethyl adjacent to an activating group) is 1. The lowest BCUT2D eigenvalue weighted by atomic mass is 10.2. The molecule has 0 atom stereocenters. The quantitative estimate of drug-likeness (QED) is 0.541. The molecule has 0 unspecified atom stereocenters. The minimum atomic E-state index is -0.540. The first kappa shape index (κ1) is 19.1. The van der Waals surface area contributed by atoms with Crippen LogP contribution in [-0.4, -0.2) is 39.5 Å². The molecule has 9 heteroatoms. The highest BCUT2D eigenvalue weighted by Gasteiger charge is 2.17. The Balaban J connectivity index is 2.01. The van der Waals surface area contributed by atoms with E-state index in [0.29, 0.717) is 12.2 Å². The first-order valence-electron chi connectivity index (χ1n) is 8.85. The molecule has 0 fully saturated rings. The maximum atomic E-state index is 11.5. The number of azo groups is 1. The van der Waals surface area contributed by atoms with Gasteiger partial charge >= 0.3 is 0 Å². The molecule has 2 heterocycles. The molecule has 27 heavy (non-hydrogen) atoms. The van der Waals surface area contributed by atoms with Gasteiger partial charge in [0, 0.05) is 5.39 Å². The molecule has 0 radical (unpaired) electrons. The van der Waals surface area contributed by atoms with Crippen molar-refractivity contribution in [1.29, 1.82) is 0 Å². The van der Waals surface area contributed by atoms with Crippen LogP contribution in [0.25, 0.3) is 10.9 Å². The van der Waals surface area contributed by atoms with Crippen molar-refractivity contribution >= 4 is 33.9 Å². The number of halogens is 1. The smallest absolute Gasteiger partial charge is 0.285 e. The van der Waals surface area contributed by atoms with Gasteiger partial charge in [-0.3, -0.25) is 4.79 Å². The van der Waals surface area contributed by atoms with E-state index < -0.39 is 5.56 Å². The average molecular weight is 390 g/mol. The van der Waals surface area contributed by atoms with Gasteiger partial charge in [0.15, 0.2) is 5.69 Å². The highest BCUT2D eigenvalue weighted by atomic mass is 35.5. The molecule has 3 aromatic rings. The fourth-order valence-electron chi connectivity index (χ4n) is 3.02. The van der Waals surface area contributed by atoms with Gasteiger partial charge in [-0.25, -0.2) is 5.10 Å². The van der Waals surface area contributed by atoms with Crippen LogP contribution in [0.15, 0.2) is 45.5 Å². The van der Waals surface area contributed by atoms with Gasteiger partial charge in [0.1, 0.15) is 10.7 Å². The van der Waals surface area contributed by atoms with E-state index in [1.54, 1.807) is 0 Å².